The van der Waals surface area contributed by atoms with Crippen LogP contribution in [0.2, 0.25) is 5.02 Å². The van der Waals surface area contributed by atoms with Gasteiger partial charge in [-0.1, -0.05) is 17.7 Å². The number of hydrogen-bond acceptors (Lipinski definition) is 4. The van der Waals surface area contributed by atoms with Gasteiger partial charge in [0.25, 0.3) is 5.91 Å². The topological polar surface area (TPSA) is 74.3 Å². The van der Waals surface area contributed by atoms with E-state index in [1.54, 1.807) is 23.1 Å². The number of aromatic nitrogens is 1. The number of rotatable bonds is 6. The third-order valence-electron chi connectivity index (χ3n) is 4.06. The largest absolute Gasteiger partial charge is 0.366 e. The summed E-state index contributed by atoms with van der Waals surface area (Å²) in [6, 6.07) is 7.69. The van der Waals surface area contributed by atoms with Crippen LogP contribution < -0.4 is 10.6 Å². The summed E-state index contributed by atoms with van der Waals surface area (Å²) in [5, 5.41) is 6.15. The fourth-order valence-electron chi connectivity index (χ4n) is 2.74. The summed E-state index contributed by atoms with van der Waals surface area (Å²) in [5.74, 6) is 0.0112. The van der Waals surface area contributed by atoms with Crippen LogP contribution >= 0.6 is 11.6 Å². The summed E-state index contributed by atoms with van der Waals surface area (Å²) < 4.78 is 13.1. The van der Waals surface area contributed by atoms with Crippen LogP contribution in [0, 0.1) is 5.82 Å². The molecule has 1 aliphatic rings. The van der Waals surface area contributed by atoms with Crippen LogP contribution in [0.25, 0.3) is 0 Å². The Labute approximate surface area is 155 Å². The molecule has 136 valence electrons. The summed E-state index contributed by atoms with van der Waals surface area (Å²) in [6.45, 7) is 3.07. The molecule has 0 atom stereocenters. The molecule has 0 bridgehead atoms. The van der Waals surface area contributed by atoms with Crippen molar-refractivity contribution in [2.45, 2.75) is 20.0 Å². The normalized spacial score (nSPS) is 12.9. The minimum Gasteiger partial charge on any atom is -0.366 e. The monoisotopic (exact) mass is 376 g/mol. The first-order chi connectivity index (χ1) is 12.4. The first kappa shape index (κ1) is 18.1. The highest BCUT2D eigenvalue weighted by atomic mass is 35.5. The highest BCUT2D eigenvalue weighted by Gasteiger charge is 2.28. The second-order valence-corrected chi connectivity index (χ2v) is 6.40. The minimum atomic E-state index is -0.382. The van der Waals surface area contributed by atoms with Crippen LogP contribution in [-0.4, -0.2) is 34.8 Å². The van der Waals surface area contributed by atoms with Gasteiger partial charge in [-0.15, -0.1) is 0 Å². The van der Waals surface area contributed by atoms with Gasteiger partial charge in [-0.25, -0.2) is 9.37 Å². The van der Waals surface area contributed by atoms with E-state index in [2.05, 4.69) is 15.6 Å². The van der Waals surface area contributed by atoms with Crippen molar-refractivity contribution in [3.63, 3.8) is 0 Å². The summed E-state index contributed by atoms with van der Waals surface area (Å²) in [4.78, 5) is 29.4. The van der Waals surface area contributed by atoms with Crippen molar-refractivity contribution >= 4 is 29.2 Å². The summed E-state index contributed by atoms with van der Waals surface area (Å²) in [6.07, 6.45) is 0. The molecule has 26 heavy (non-hydrogen) atoms. The molecule has 1 aliphatic heterocycles. The van der Waals surface area contributed by atoms with E-state index >= 15 is 0 Å². The van der Waals surface area contributed by atoms with E-state index in [4.69, 9.17) is 11.6 Å². The van der Waals surface area contributed by atoms with E-state index in [0.29, 0.717) is 48.3 Å². The highest BCUT2D eigenvalue weighted by molar-refractivity contribution is 6.31. The van der Waals surface area contributed by atoms with E-state index in [1.807, 2.05) is 0 Å². The second kappa shape index (κ2) is 7.70. The molecule has 2 heterocycles. The van der Waals surface area contributed by atoms with Gasteiger partial charge in [0.2, 0.25) is 5.91 Å². The molecule has 6 nitrogen and oxygen atoms in total. The van der Waals surface area contributed by atoms with Gasteiger partial charge in [-0.05, 0) is 29.8 Å². The number of amides is 2. The fourth-order valence-corrected chi connectivity index (χ4v) is 2.97. The van der Waals surface area contributed by atoms with Gasteiger partial charge < -0.3 is 15.5 Å². The Bertz CT molecular complexity index is 859. The van der Waals surface area contributed by atoms with Crippen LogP contribution in [0.15, 0.2) is 30.3 Å². The summed E-state index contributed by atoms with van der Waals surface area (Å²) >= 11 is 6.02. The van der Waals surface area contributed by atoms with E-state index in [-0.39, 0.29) is 17.6 Å². The van der Waals surface area contributed by atoms with Crippen LogP contribution in [0.4, 0.5) is 10.2 Å². The van der Waals surface area contributed by atoms with E-state index < -0.39 is 0 Å². The number of benzene rings is 1. The zero-order valence-electron chi connectivity index (χ0n) is 14.2. The van der Waals surface area contributed by atoms with Crippen molar-refractivity contribution in [1.82, 2.24) is 15.2 Å². The SMILES string of the molecule is CC(=O)NCCN1Cc2nc(NCc3ccc(F)cc3Cl)ccc2C1=O. The zero-order chi connectivity index (χ0) is 18.7. The molecular formula is C18H18ClFN4O2. The molecule has 2 aromatic rings. The number of carbonyl (C=O) groups is 2. The zero-order valence-corrected chi connectivity index (χ0v) is 14.9. The Morgan fingerprint density at radius 3 is 2.88 bits per heavy atom. The summed E-state index contributed by atoms with van der Waals surface area (Å²) in [5.41, 5.74) is 2.01. The Morgan fingerprint density at radius 1 is 1.35 bits per heavy atom. The van der Waals surface area contributed by atoms with Gasteiger partial charge in [0.15, 0.2) is 0 Å². The molecule has 0 saturated heterocycles. The lowest BCUT2D eigenvalue weighted by Gasteiger charge is -2.14. The maximum Gasteiger partial charge on any atom is 0.256 e. The Hall–Kier alpha value is -2.67. The lowest BCUT2D eigenvalue weighted by Crippen LogP contribution is -2.34. The van der Waals surface area contributed by atoms with Crippen molar-refractivity contribution < 1.29 is 14.0 Å². The van der Waals surface area contributed by atoms with Crippen LogP contribution in [0.3, 0.4) is 0 Å². The number of nitrogens with zero attached hydrogens (tertiary/aromatic N) is 2. The maximum absolute atomic E-state index is 13.1. The molecule has 3 rings (SSSR count). The summed E-state index contributed by atoms with van der Waals surface area (Å²) in [7, 11) is 0. The average molecular weight is 377 g/mol. The number of anilines is 1. The standard InChI is InChI=1S/C18H18ClFN4O2/c1-11(25)21-6-7-24-10-16-14(18(24)26)4-5-17(23-16)22-9-12-2-3-13(20)8-15(12)19/h2-5,8H,6-7,9-10H2,1H3,(H,21,25)(H,22,23). The third kappa shape index (κ3) is 4.11. The predicted octanol–water partition coefficient (Wildman–Crippen LogP) is 2.58. The van der Waals surface area contributed by atoms with Gasteiger partial charge >= 0.3 is 0 Å². The quantitative estimate of drug-likeness (QED) is 0.812. The molecule has 2 amide bonds. The predicted molar refractivity (Wildman–Crippen MR) is 96.4 cm³/mol. The molecule has 0 fully saturated rings. The van der Waals surface area contributed by atoms with Crippen LogP contribution in [0.5, 0.6) is 0 Å². The Balaban J connectivity index is 1.63. The minimum absolute atomic E-state index is 0.0917. The molecule has 0 spiro atoms. The Kier molecular flexibility index (Phi) is 5.37. The maximum atomic E-state index is 13.1. The molecule has 0 saturated carbocycles. The van der Waals surface area contributed by atoms with Gasteiger partial charge in [-0.2, -0.15) is 0 Å². The molecule has 2 N–H and O–H groups in total. The molecular weight excluding hydrogens is 359 g/mol. The number of fused-ring (bicyclic) bond motifs is 1. The third-order valence-corrected chi connectivity index (χ3v) is 4.42. The molecule has 1 aromatic heterocycles. The molecule has 1 aromatic carbocycles. The van der Waals surface area contributed by atoms with Crippen molar-refractivity contribution in [3.05, 3.63) is 58.0 Å². The number of hydrogen-bond donors (Lipinski definition) is 2. The van der Waals surface area contributed by atoms with Gasteiger partial charge in [0.05, 0.1) is 17.8 Å². The second-order valence-electron chi connectivity index (χ2n) is 5.99. The van der Waals surface area contributed by atoms with Crippen LogP contribution in [0.1, 0.15) is 28.5 Å². The number of halogens is 2. The highest BCUT2D eigenvalue weighted by Crippen LogP contribution is 2.23. The molecule has 0 aliphatic carbocycles. The smallest absolute Gasteiger partial charge is 0.256 e. The number of nitrogens with one attached hydrogen (secondary N) is 2. The van der Waals surface area contributed by atoms with E-state index in [9.17, 15) is 14.0 Å². The van der Waals surface area contributed by atoms with Gasteiger partial charge in [0.1, 0.15) is 11.6 Å². The molecule has 0 unspecified atom stereocenters. The molecule has 0 radical (unpaired) electrons. The number of carbonyl (C=O) groups excluding carboxylic acids is 2. The van der Waals surface area contributed by atoms with Gasteiger partial charge in [0, 0.05) is 31.6 Å². The van der Waals surface area contributed by atoms with Crippen molar-refractivity contribution in [1.29, 1.82) is 0 Å². The molecule has 8 heteroatoms. The van der Waals surface area contributed by atoms with Crippen molar-refractivity contribution in [2.24, 2.45) is 0 Å². The first-order valence-corrected chi connectivity index (χ1v) is 8.53. The lowest BCUT2D eigenvalue weighted by molar-refractivity contribution is -0.119. The van der Waals surface area contributed by atoms with Crippen molar-refractivity contribution in [3.8, 4) is 0 Å². The van der Waals surface area contributed by atoms with Crippen LogP contribution in [-0.2, 0) is 17.9 Å². The number of pyridine rings is 1. The Morgan fingerprint density at radius 2 is 2.15 bits per heavy atom. The fraction of sp³-hybridized carbons (Fsp3) is 0.278. The van der Waals surface area contributed by atoms with Gasteiger partial charge in [-0.3, -0.25) is 9.59 Å². The van der Waals surface area contributed by atoms with E-state index in [1.165, 1.54) is 19.1 Å². The van der Waals surface area contributed by atoms with Crippen molar-refractivity contribution in [2.75, 3.05) is 18.4 Å². The first-order valence-electron chi connectivity index (χ1n) is 8.15. The lowest BCUT2D eigenvalue weighted by atomic mass is 10.2. The average Bonchev–Trinajstić information content (AvgIpc) is 2.89. The van der Waals surface area contributed by atoms with E-state index in [0.717, 1.165) is 5.56 Å².